The van der Waals surface area contributed by atoms with Crippen LogP contribution in [0.2, 0.25) is 5.02 Å². The first-order valence-corrected chi connectivity index (χ1v) is 7.82. The molecule has 0 aliphatic heterocycles. The Kier molecular flexibility index (Phi) is 6.21. The lowest BCUT2D eigenvalue weighted by Crippen LogP contribution is -2.33. The first-order chi connectivity index (χ1) is 10.5. The van der Waals surface area contributed by atoms with Gasteiger partial charge in [-0.15, -0.1) is 0 Å². The lowest BCUT2D eigenvalue weighted by atomic mass is 9.82. The van der Waals surface area contributed by atoms with E-state index in [4.69, 9.17) is 21.4 Å². The summed E-state index contributed by atoms with van der Waals surface area (Å²) in [6.07, 6.45) is 3.21. The molecule has 0 radical (unpaired) electrons. The quantitative estimate of drug-likeness (QED) is 0.621. The van der Waals surface area contributed by atoms with Crippen LogP contribution in [-0.4, -0.2) is 30.1 Å². The second-order valence-corrected chi connectivity index (χ2v) is 6.05. The molecule has 0 unspecified atom stereocenters. The van der Waals surface area contributed by atoms with E-state index in [1.54, 1.807) is 24.3 Å². The third-order valence-corrected chi connectivity index (χ3v) is 4.20. The molecule has 1 fully saturated rings. The Morgan fingerprint density at radius 3 is 2.41 bits per heavy atom. The maximum atomic E-state index is 11.7. The van der Waals surface area contributed by atoms with E-state index in [2.05, 4.69) is 5.32 Å². The number of carboxylic acid groups (broad SMARTS) is 1. The molecule has 0 bridgehead atoms. The summed E-state index contributed by atoms with van der Waals surface area (Å²) in [6, 6.07) is 6.62. The molecule has 5 nitrogen and oxygen atoms in total. The van der Waals surface area contributed by atoms with Crippen LogP contribution in [-0.2, 0) is 9.59 Å². The minimum absolute atomic E-state index is 0.140. The van der Waals surface area contributed by atoms with Gasteiger partial charge in [-0.1, -0.05) is 11.6 Å². The topological polar surface area (TPSA) is 75.6 Å². The molecule has 2 rings (SSSR count). The number of carbonyl (C=O) groups excluding carboxylic acids is 1. The molecule has 1 aromatic carbocycles. The summed E-state index contributed by atoms with van der Waals surface area (Å²) in [7, 11) is 0. The molecule has 0 saturated heterocycles. The molecule has 2 N–H and O–H groups in total. The van der Waals surface area contributed by atoms with E-state index in [1.165, 1.54) is 0 Å². The highest BCUT2D eigenvalue weighted by Gasteiger charge is 2.25. The Hall–Kier alpha value is -1.59. The number of hydrogen-bond acceptors (Lipinski definition) is 4. The Bertz CT molecular complexity index is 509. The minimum Gasteiger partial charge on any atom is -0.481 e. The lowest BCUT2D eigenvalue weighted by molar-refractivity contribution is -0.143. The Morgan fingerprint density at radius 1 is 1.18 bits per heavy atom. The molecule has 120 valence electrons. The van der Waals surface area contributed by atoms with E-state index in [9.17, 15) is 9.59 Å². The molecule has 1 aliphatic carbocycles. The van der Waals surface area contributed by atoms with Crippen molar-refractivity contribution in [2.24, 2.45) is 11.8 Å². The van der Waals surface area contributed by atoms with E-state index < -0.39 is 5.97 Å². The van der Waals surface area contributed by atoms with Crippen molar-refractivity contribution in [3.8, 4) is 5.75 Å². The van der Waals surface area contributed by atoms with Crippen LogP contribution in [0.1, 0.15) is 25.7 Å². The van der Waals surface area contributed by atoms with Crippen LogP contribution in [0.5, 0.6) is 5.75 Å². The SMILES string of the molecule is O=C(CNCC1CCC(C(=O)O)CC1)Oc1ccc(Cl)cc1. The van der Waals surface area contributed by atoms with Crippen LogP contribution < -0.4 is 10.1 Å². The number of hydrogen-bond donors (Lipinski definition) is 2. The van der Waals surface area contributed by atoms with E-state index in [0.717, 1.165) is 25.7 Å². The highest BCUT2D eigenvalue weighted by Crippen LogP contribution is 2.28. The van der Waals surface area contributed by atoms with Gasteiger partial charge in [0.05, 0.1) is 12.5 Å². The Labute approximate surface area is 134 Å². The van der Waals surface area contributed by atoms with E-state index >= 15 is 0 Å². The fourth-order valence-corrected chi connectivity index (χ4v) is 2.79. The van der Waals surface area contributed by atoms with Crippen LogP contribution in [0.15, 0.2) is 24.3 Å². The number of nitrogens with one attached hydrogen (secondary N) is 1. The summed E-state index contributed by atoms with van der Waals surface area (Å²) < 4.78 is 5.17. The van der Waals surface area contributed by atoms with Crippen molar-refractivity contribution < 1.29 is 19.4 Å². The largest absolute Gasteiger partial charge is 0.481 e. The van der Waals surface area contributed by atoms with Crippen LogP contribution in [0.4, 0.5) is 0 Å². The molecule has 0 heterocycles. The summed E-state index contributed by atoms with van der Waals surface area (Å²) >= 11 is 5.76. The number of ether oxygens (including phenoxy) is 1. The van der Waals surface area contributed by atoms with Gasteiger partial charge in [-0.05, 0) is 62.4 Å². The predicted octanol–water partition coefficient (Wildman–Crippen LogP) is 2.73. The Balaban J connectivity index is 1.63. The van der Waals surface area contributed by atoms with Crippen LogP contribution in [0, 0.1) is 11.8 Å². The molecule has 1 aromatic rings. The van der Waals surface area contributed by atoms with Gasteiger partial charge >= 0.3 is 11.9 Å². The number of benzene rings is 1. The summed E-state index contributed by atoms with van der Waals surface area (Å²) in [5, 5.41) is 12.6. The van der Waals surface area contributed by atoms with Crippen LogP contribution >= 0.6 is 11.6 Å². The summed E-state index contributed by atoms with van der Waals surface area (Å²) in [5.74, 6) is -0.345. The van der Waals surface area contributed by atoms with Gasteiger partial charge in [-0.2, -0.15) is 0 Å². The van der Waals surface area contributed by atoms with Crippen molar-refractivity contribution in [3.05, 3.63) is 29.3 Å². The zero-order valence-electron chi connectivity index (χ0n) is 12.3. The number of carboxylic acids is 1. The molecule has 1 saturated carbocycles. The van der Waals surface area contributed by atoms with E-state index in [1.807, 2.05) is 0 Å². The van der Waals surface area contributed by atoms with Crippen molar-refractivity contribution in [2.75, 3.05) is 13.1 Å². The van der Waals surface area contributed by atoms with Gasteiger partial charge in [-0.3, -0.25) is 9.59 Å². The molecule has 22 heavy (non-hydrogen) atoms. The van der Waals surface area contributed by atoms with Gasteiger partial charge in [0.25, 0.3) is 0 Å². The second-order valence-electron chi connectivity index (χ2n) is 5.61. The van der Waals surface area contributed by atoms with Crippen LogP contribution in [0.3, 0.4) is 0 Å². The van der Waals surface area contributed by atoms with Crippen molar-refractivity contribution in [1.29, 1.82) is 0 Å². The smallest absolute Gasteiger partial charge is 0.325 e. The van der Waals surface area contributed by atoms with E-state index in [-0.39, 0.29) is 18.4 Å². The number of carbonyl (C=O) groups is 2. The van der Waals surface area contributed by atoms with Gasteiger partial charge in [0, 0.05) is 5.02 Å². The van der Waals surface area contributed by atoms with Crippen molar-refractivity contribution >= 4 is 23.5 Å². The fraction of sp³-hybridized carbons (Fsp3) is 0.500. The van der Waals surface area contributed by atoms with Gasteiger partial charge < -0.3 is 15.2 Å². The van der Waals surface area contributed by atoms with Crippen molar-refractivity contribution in [1.82, 2.24) is 5.32 Å². The minimum atomic E-state index is -0.696. The number of aliphatic carboxylic acids is 1. The highest BCUT2D eigenvalue weighted by atomic mass is 35.5. The fourth-order valence-electron chi connectivity index (χ4n) is 2.66. The molecule has 1 aliphatic rings. The molecular weight excluding hydrogens is 306 g/mol. The standard InChI is InChI=1S/C16H20ClNO4/c17-13-5-7-14(8-6-13)22-15(19)10-18-9-11-1-3-12(4-2-11)16(20)21/h5-8,11-12,18H,1-4,9-10H2,(H,20,21). The van der Waals surface area contributed by atoms with Crippen molar-refractivity contribution in [2.45, 2.75) is 25.7 Å². The molecule has 0 spiro atoms. The molecular formula is C16H20ClNO4. The van der Waals surface area contributed by atoms with Gasteiger partial charge in [0.15, 0.2) is 0 Å². The summed E-state index contributed by atoms with van der Waals surface area (Å²) in [5.41, 5.74) is 0. The highest BCUT2D eigenvalue weighted by molar-refractivity contribution is 6.30. The average molecular weight is 326 g/mol. The second kappa shape index (κ2) is 8.15. The maximum Gasteiger partial charge on any atom is 0.325 e. The first kappa shape index (κ1) is 16.8. The zero-order chi connectivity index (χ0) is 15.9. The lowest BCUT2D eigenvalue weighted by Gasteiger charge is -2.26. The van der Waals surface area contributed by atoms with Gasteiger partial charge in [-0.25, -0.2) is 0 Å². The predicted molar refractivity (Wildman–Crippen MR) is 83.0 cm³/mol. The third kappa shape index (κ3) is 5.31. The van der Waals surface area contributed by atoms with Gasteiger partial charge in [0.2, 0.25) is 0 Å². The van der Waals surface area contributed by atoms with Gasteiger partial charge in [0.1, 0.15) is 5.75 Å². The molecule has 0 aromatic heterocycles. The Morgan fingerprint density at radius 2 is 1.82 bits per heavy atom. The first-order valence-electron chi connectivity index (χ1n) is 7.44. The summed E-state index contributed by atoms with van der Waals surface area (Å²) in [4.78, 5) is 22.6. The molecule has 6 heteroatoms. The van der Waals surface area contributed by atoms with E-state index in [0.29, 0.717) is 23.2 Å². The summed E-state index contributed by atoms with van der Waals surface area (Å²) in [6.45, 7) is 0.851. The third-order valence-electron chi connectivity index (χ3n) is 3.94. The zero-order valence-corrected chi connectivity index (χ0v) is 13.0. The maximum absolute atomic E-state index is 11.7. The molecule has 0 amide bonds. The average Bonchev–Trinajstić information content (AvgIpc) is 2.50. The normalized spacial score (nSPS) is 21.3. The monoisotopic (exact) mass is 325 g/mol. The molecule has 0 atom stereocenters. The number of esters is 1. The number of halogens is 1. The van der Waals surface area contributed by atoms with Crippen molar-refractivity contribution in [3.63, 3.8) is 0 Å². The van der Waals surface area contributed by atoms with Crippen LogP contribution in [0.25, 0.3) is 0 Å². The number of rotatable bonds is 6.